The van der Waals surface area contributed by atoms with Crippen molar-refractivity contribution in [2.24, 2.45) is 11.1 Å². The molecule has 0 heterocycles. The van der Waals surface area contributed by atoms with E-state index >= 15 is 0 Å². The summed E-state index contributed by atoms with van der Waals surface area (Å²) in [5.41, 5.74) is 5.77. The van der Waals surface area contributed by atoms with Crippen molar-refractivity contribution >= 4 is 17.7 Å². The molecular formula is C12H24N2OS. The Bertz CT molecular complexity index is 250. The van der Waals surface area contributed by atoms with Crippen LogP contribution in [-0.2, 0) is 4.79 Å². The average molecular weight is 244 g/mol. The molecule has 1 aliphatic rings. The van der Waals surface area contributed by atoms with Gasteiger partial charge in [0.2, 0.25) is 5.91 Å². The van der Waals surface area contributed by atoms with Gasteiger partial charge in [-0.05, 0) is 24.5 Å². The van der Waals surface area contributed by atoms with Crippen LogP contribution in [0.15, 0.2) is 0 Å². The van der Waals surface area contributed by atoms with E-state index in [0.29, 0.717) is 11.3 Å². The van der Waals surface area contributed by atoms with Gasteiger partial charge < -0.3 is 11.1 Å². The van der Waals surface area contributed by atoms with Crippen LogP contribution in [0, 0.1) is 5.41 Å². The van der Waals surface area contributed by atoms with Crippen LogP contribution >= 0.6 is 11.8 Å². The molecule has 1 saturated carbocycles. The molecule has 0 aromatic heterocycles. The fraction of sp³-hybridized carbons (Fsp3) is 0.917. The van der Waals surface area contributed by atoms with Gasteiger partial charge in [-0.2, -0.15) is 11.8 Å². The second-order valence-electron chi connectivity index (χ2n) is 5.66. The molecular weight excluding hydrogens is 220 g/mol. The van der Waals surface area contributed by atoms with E-state index in [4.69, 9.17) is 5.73 Å². The molecule has 0 spiro atoms. The quantitative estimate of drug-likeness (QED) is 0.795. The zero-order valence-electron chi connectivity index (χ0n) is 10.7. The number of thioether (sulfide) groups is 1. The Morgan fingerprint density at radius 2 is 2.06 bits per heavy atom. The van der Waals surface area contributed by atoms with Crippen molar-refractivity contribution in [1.82, 2.24) is 5.32 Å². The van der Waals surface area contributed by atoms with Crippen molar-refractivity contribution in [2.45, 2.75) is 57.4 Å². The highest BCUT2D eigenvalue weighted by Crippen LogP contribution is 2.28. The third kappa shape index (κ3) is 3.39. The molecule has 3 N–H and O–H groups in total. The molecule has 3 atom stereocenters. The van der Waals surface area contributed by atoms with Gasteiger partial charge in [0, 0.05) is 11.3 Å². The van der Waals surface area contributed by atoms with E-state index < -0.39 is 6.04 Å². The second kappa shape index (κ2) is 5.41. The van der Waals surface area contributed by atoms with Gasteiger partial charge in [0.05, 0.1) is 6.04 Å². The first kappa shape index (κ1) is 13.8. The molecule has 0 aromatic carbocycles. The lowest BCUT2D eigenvalue weighted by Crippen LogP contribution is -2.52. The summed E-state index contributed by atoms with van der Waals surface area (Å²) in [5, 5.41) is 3.67. The number of amides is 1. The Kier molecular flexibility index (Phi) is 4.68. The van der Waals surface area contributed by atoms with Crippen LogP contribution in [0.25, 0.3) is 0 Å². The van der Waals surface area contributed by atoms with Crippen molar-refractivity contribution in [3.8, 4) is 0 Å². The SMILES string of the molecule is CSC1CCCC1NC(=O)C(N)C(C)(C)C. The van der Waals surface area contributed by atoms with Crippen molar-refractivity contribution in [3.05, 3.63) is 0 Å². The molecule has 1 fully saturated rings. The highest BCUT2D eigenvalue weighted by molar-refractivity contribution is 7.99. The van der Waals surface area contributed by atoms with E-state index in [9.17, 15) is 4.79 Å². The Morgan fingerprint density at radius 3 is 2.56 bits per heavy atom. The molecule has 1 rings (SSSR count). The Hall–Kier alpha value is -0.220. The van der Waals surface area contributed by atoms with E-state index in [-0.39, 0.29) is 11.3 Å². The lowest BCUT2D eigenvalue weighted by Gasteiger charge is -2.28. The van der Waals surface area contributed by atoms with Crippen LogP contribution in [0.4, 0.5) is 0 Å². The van der Waals surface area contributed by atoms with Crippen LogP contribution in [-0.4, -0.2) is 29.5 Å². The second-order valence-corrected chi connectivity index (χ2v) is 6.74. The monoisotopic (exact) mass is 244 g/mol. The summed E-state index contributed by atoms with van der Waals surface area (Å²) < 4.78 is 0. The van der Waals surface area contributed by atoms with E-state index in [1.807, 2.05) is 32.5 Å². The van der Waals surface area contributed by atoms with Gasteiger partial charge in [-0.1, -0.05) is 27.2 Å². The van der Waals surface area contributed by atoms with Crippen LogP contribution in [0.5, 0.6) is 0 Å². The van der Waals surface area contributed by atoms with Crippen LogP contribution in [0.2, 0.25) is 0 Å². The summed E-state index contributed by atoms with van der Waals surface area (Å²) in [7, 11) is 0. The predicted molar refractivity (Wildman–Crippen MR) is 70.5 cm³/mol. The zero-order valence-corrected chi connectivity index (χ0v) is 11.6. The number of hydrogen-bond donors (Lipinski definition) is 2. The first-order valence-corrected chi connectivity index (χ1v) is 7.24. The minimum absolute atomic E-state index is 0.00144. The summed E-state index contributed by atoms with van der Waals surface area (Å²) in [5.74, 6) is -0.00144. The fourth-order valence-electron chi connectivity index (χ4n) is 2.04. The van der Waals surface area contributed by atoms with Gasteiger partial charge in [-0.3, -0.25) is 4.79 Å². The highest BCUT2D eigenvalue weighted by Gasteiger charge is 2.32. The van der Waals surface area contributed by atoms with Crippen LogP contribution in [0.1, 0.15) is 40.0 Å². The maximum Gasteiger partial charge on any atom is 0.237 e. The maximum atomic E-state index is 12.0. The van der Waals surface area contributed by atoms with E-state index in [0.717, 1.165) is 6.42 Å². The molecule has 4 heteroatoms. The summed E-state index contributed by atoms with van der Waals surface area (Å²) in [4.78, 5) is 12.0. The van der Waals surface area contributed by atoms with Gasteiger partial charge in [0.25, 0.3) is 0 Å². The summed E-state index contributed by atoms with van der Waals surface area (Å²) in [6.45, 7) is 5.99. The minimum atomic E-state index is -0.421. The maximum absolute atomic E-state index is 12.0. The molecule has 3 nitrogen and oxygen atoms in total. The molecule has 1 aliphatic carbocycles. The zero-order chi connectivity index (χ0) is 12.3. The fourth-order valence-corrected chi connectivity index (χ4v) is 2.97. The standard InChI is InChI=1S/C12H24N2OS/c1-12(2,3)10(13)11(15)14-8-6-5-7-9(8)16-4/h8-10H,5-7,13H2,1-4H3,(H,14,15). The third-order valence-corrected chi connectivity index (χ3v) is 4.47. The molecule has 0 aromatic rings. The van der Waals surface area contributed by atoms with E-state index in [1.54, 1.807) is 0 Å². The van der Waals surface area contributed by atoms with Gasteiger partial charge in [0.1, 0.15) is 0 Å². The number of nitrogens with two attached hydrogens (primary N) is 1. The predicted octanol–water partition coefficient (Wildman–Crippen LogP) is 1.76. The molecule has 94 valence electrons. The Morgan fingerprint density at radius 1 is 1.44 bits per heavy atom. The van der Waals surface area contributed by atoms with Gasteiger partial charge in [-0.25, -0.2) is 0 Å². The molecule has 0 radical (unpaired) electrons. The first-order chi connectivity index (χ1) is 7.36. The summed E-state index contributed by atoms with van der Waals surface area (Å²) >= 11 is 1.85. The smallest absolute Gasteiger partial charge is 0.237 e. The van der Waals surface area contributed by atoms with Gasteiger partial charge in [-0.15, -0.1) is 0 Å². The Labute approximate surface area is 103 Å². The normalized spacial score (nSPS) is 27.8. The van der Waals surface area contributed by atoms with Crippen LogP contribution < -0.4 is 11.1 Å². The molecule has 0 bridgehead atoms. The summed E-state index contributed by atoms with van der Waals surface area (Å²) in [6.07, 6.45) is 5.62. The minimum Gasteiger partial charge on any atom is -0.351 e. The molecule has 0 aliphatic heterocycles. The number of nitrogens with one attached hydrogen (secondary N) is 1. The van der Waals surface area contributed by atoms with E-state index in [1.165, 1.54) is 12.8 Å². The highest BCUT2D eigenvalue weighted by atomic mass is 32.2. The van der Waals surface area contributed by atoms with Gasteiger partial charge >= 0.3 is 0 Å². The molecule has 16 heavy (non-hydrogen) atoms. The third-order valence-electron chi connectivity index (χ3n) is 3.30. The lowest BCUT2D eigenvalue weighted by molar-refractivity contribution is -0.125. The molecule has 3 unspecified atom stereocenters. The Balaban J connectivity index is 2.51. The largest absolute Gasteiger partial charge is 0.351 e. The first-order valence-electron chi connectivity index (χ1n) is 5.95. The van der Waals surface area contributed by atoms with Crippen LogP contribution in [0.3, 0.4) is 0 Å². The van der Waals surface area contributed by atoms with Crippen molar-refractivity contribution in [2.75, 3.05) is 6.26 Å². The lowest BCUT2D eigenvalue weighted by atomic mass is 9.87. The van der Waals surface area contributed by atoms with Gasteiger partial charge in [0.15, 0.2) is 0 Å². The number of hydrogen-bond acceptors (Lipinski definition) is 3. The molecule has 0 saturated heterocycles. The van der Waals surface area contributed by atoms with Crippen molar-refractivity contribution in [1.29, 1.82) is 0 Å². The average Bonchev–Trinajstić information content (AvgIpc) is 2.62. The van der Waals surface area contributed by atoms with Crippen molar-refractivity contribution in [3.63, 3.8) is 0 Å². The van der Waals surface area contributed by atoms with E-state index in [2.05, 4.69) is 11.6 Å². The molecule has 1 amide bonds. The number of carbonyl (C=O) groups is 1. The number of rotatable bonds is 3. The van der Waals surface area contributed by atoms with Crippen molar-refractivity contribution < 1.29 is 4.79 Å². The topological polar surface area (TPSA) is 55.1 Å². The summed E-state index contributed by atoms with van der Waals surface area (Å²) in [6, 6.07) is -0.105. The number of carbonyl (C=O) groups excluding carboxylic acids is 1.